The van der Waals surface area contributed by atoms with Gasteiger partial charge in [-0.2, -0.15) is 0 Å². The van der Waals surface area contributed by atoms with E-state index in [0.717, 1.165) is 5.56 Å². The van der Waals surface area contributed by atoms with Crippen LogP contribution in [0.15, 0.2) is 18.2 Å². The van der Waals surface area contributed by atoms with Gasteiger partial charge in [0.05, 0.1) is 12.8 Å². The van der Waals surface area contributed by atoms with Gasteiger partial charge >= 0.3 is 11.9 Å². The van der Waals surface area contributed by atoms with E-state index in [0.29, 0.717) is 11.1 Å². The molecule has 1 rings (SSSR count). The van der Waals surface area contributed by atoms with Gasteiger partial charge in [-0.3, -0.25) is 9.59 Å². The van der Waals surface area contributed by atoms with E-state index in [4.69, 9.17) is 10.2 Å². The summed E-state index contributed by atoms with van der Waals surface area (Å²) in [5.74, 6) is -1.82. The SMILES string of the molecule is Cc1c(CC(=O)O)cccc1CC(=O)O. The number of hydrogen-bond acceptors (Lipinski definition) is 2. The molecule has 0 saturated heterocycles. The lowest BCUT2D eigenvalue weighted by molar-refractivity contribution is -0.137. The van der Waals surface area contributed by atoms with Crippen molar-refractivity contribution >= 4 is 11.9 Å². The Balaban J connectivity index is 2.99. The van der Waals surface area contributed by atoms with E-state index in [1.807, 2.05) is 0 Å². The molecule has 0 atom stereocenters. The second-order valence-electron chi connectivity index (χ2n) is 3.34. The standard InChI is InChI=1S/C11H12O4/c1-7-8(5-10(12)13)3-2-4-9(7)6-11(14)15/h2-4H,5-6H2,1H3,(H,12,13)(H,14,15). The first-order chi connectivity index (χ1) is 7.00. The highest BCUT2D eigenvalue weighted by Gasteiger charge is 2.09. The fourth-order valence-corrected chi connectivity index (χ4v) is 1.45. The van der Waals surface area contributed by atoms with Crippen molar-refractivity contribution in [2.24, 2.45) is 0 Å². The molecule has 0 radical (unpaired) electrons. The van der Waals surface area contributed by atoms with Gasteiger partial charge in [-0.25, -0.2) is 0 Å². The third-order valence-corrected chi connectivity index (χ3v) is 2.24. The molecule has 0 aromatic heterocycles. The molecule has 0 aliphatic rings. The van der Waals surface area contributed by atoms with Crippen LogP contribution in [0.2, 0.25) is 0 Å². The second kappa shape index (κ2) is 4.59. The van der Waals surface area contributed by atoms with E-state index >= 15 is 0 Å². The summed E-state index contributed by atoms with van der Waals surface area (Å²) in [4.78, 5) is 21.1. The van der Waals surface area contributed by atoms with Crippen LogP contribution in [0.25, 0.3) is 0 Å². The van der Waals surface area contributed by atoms with E-state index < -0.39 is 11.9 Å². The molecule has 80 valence electrons. The van der Waals surface area contributed by atoms with Crippen LogP contribution in [-0.2, 0) is 22.4 Å². The fraction of sp³-hybridized carbons (Fsp3) is 0.273. The van der Waals surface area contributed by atoms with E-state index in [-0.39, 0.29) is 12.8 Å². The first-order valence-electron chi connectivity index (χ1n) is 4.51. The smallest absolute Gasteiger partial charge is 0.307 e. The summed E-state index contributed by atoms with van der Waals surface area (Å²) >= 11 is 0. The highest BCUT2D eigenvalue weighted by Crippen LogP contribution is 2.15. The minimum absolute atomic E-state index is 0.0701. The number of carbonyl (C=O) groups is 2. The molecule has 0 spiro atoms. The Kier molecular flexibility index (Phi) is 3.44. The second-order valence-corrected chi connectivity index (χ2v) is 3.34. The molecule has 0 amide bonds. The van der Waals surface area contributed by atoms with Gasteiger partial charge in [-0.15, -0.1) is 0 Å². The number of benzene rings is 1. The molecule has 0 heterocycles. The molecule has 2 N–H and O–H groups in total. The zero-order valence-electron chi connectivity index (χ0n) is 8.36. The van der Waals surface area contributed by atoms with Crippen LogP contribution in [-0.4, -0.2) is 22.2 Å². The summed E-state index contributed by atoms with van der Waals surface area (Å²) in [5.41, 5.74) is 2.09. The first-order valence-corrected chi connectivity index (χ1v) is 4.51. The monoisotopic (exact) mass is 208 g/mol. The van der Waals surface area contributed by atoms with Crippen LogP contribution in [0.1, 0.15) is 16.7 Å². The highest BCUT2D eigenvalue weighted by atomic mass is 16.4. The summed E-state index contributed by atoms with van der Waals surface area (Å²) in [6, 6.07) is 5.09. The van der Waals surface area contributed by atoms with Crippen molar-refractivity contribution in [1.82, 2.24) is 0 Å². The molecule has 0 aliphatic carbocycles. The highest BCUT2D eigenvalue weighted by molar-refractivity contribution is 5.73. The van der Waals surface area contributed by atoms with Gasteiger partial charge < -0.3 is 10.2 Å². The Labute approximate surface area is 87.2 Å². The van der Waals surface area contributed by atoms with Gasteiger partial charge in [-0.05, 0) is 23.6 Å². The summed E-state index contributed by atoms with van der Waals surface area (Å²) in [5, 5.41) is 17.3. The number of carboxylic acids is 2. The fourth-order valence-electron chi connectivity index (χ4n) is 1.45. The molecule has 1 aromatic rings. The summed E-state index contributed by atoms with van der Waals surface area (Å²) in [6.07, 6.45) is -0.140. The van der Waals surface area contributed by atoms with E-state index in [1.165, 1.54) is 0 Å². The van der Waals surface area contributed by atoms with E-state index in [9.17, 15) is 9.59 Å². The van der Waals surface area contributed by atoms with Crippen LogP contribution >= 0.6 is 0 Å². The quantitative estimate of drug-likeness (QED) is 0.780. The Morgan fingerprint density at radius 2 is 1.47 bits per heavy atom. The van der Waals surface area contributed by atoms with Gasteiger partial charge in [0, 0.05) is 0 Å². The third kappa shape index (κ3) is 3.09. The number of hydrogen-bond donors (Lipinski definition) is 2. The summed E-state index contributed by atoms with van der Waals surface area (Å²) in [6.45, 7) is 1.75. The molecule has 15 heavy (non-hydrogen) atoms. The molecule has 4 nitrogen and oxygen atoms in total. The van der Waals surface area contributed by atoms with E-state index in [1.54, 1.807) is 25.1 Å². The van der Waals surface area contributed by atoms with Gasteiger partial charge in [0.15, 0.2) is 0 Å². The minimum Gasteiger partial charge on any atom is -0.481 e. The largest absolute Gasteiger partial charge is 0.481 e. The lowest BCUT2D eigenvalue weighted by atomic mass is 9.98. The van der Waals surface area contributed by atoms with Crippen molar-refractivity contribution in [3.05, 3.63) is 34.9 Å². The number of aliphatic carboxylic acids is 2. The normalized spacial score (nSPS) is 9.93. The van der Waals surface area contributed by atoms with Crippen LogP contribution < -0.4 is 0 Å². The predicted molar refractivity (Wildman–Crippen MR) is 53.9 cm³/mol. The lowest BCUT2D eigenvalue weighted by Gasteiger charge is -2.07. The third-order valence-electron chi connectivity index (χ3n) is 2.24. The molecule has 0 unspecified atom stereocenters. The zero-order valence-corrected chi connectivity index (χ0v) is 8.36. The Hall–Kier alpha value is -1.84. The Bertz CT molecular complexity index is 361. The lowest BCUT2D eigenvalue weighted by Crippen LogP contribution is -2.06. The van der Waals surface area contributed by atoms with Crippen molar-refractivity contribution in [3.8, 4) is 0 Å². The molecule has 4 heteroatoms. The molecular formula is C11H12O4. The van der Waals surface area contributed by atoms with E-state index in [2.05, 4.69) is 0 Å². The average Bonchev–Trinajstić information content (AvgIpc) is 2.10. The molecule has 0 bridgehead atoms. The molecule has 1 aromatic carbocycles. The van der Waals surface area contributed by atoms with Gasteiger partial charge in [0.1, 0.15) is 0 Å². The number of carboxylic acid groups (broad SMARTS) is 2. The predicted octanol–water partition coefficient (Wildman–Crippen LogP) is 1.25. The maximum atomic E-state index is 10.5. The maximum absolute atomic E-state index is 10.5. The Morgan fingerprint density at radius 1 is 1.07 bits per heavy atom. The van der Waals surface area contributed by atoms with Crippen LogP contribution in [0, 0.1) is 6.92 Å². The van der Waals surface area contributed by atoms with Gasteiger partial charge in [-0.1, -0.05) is 18.2 Å². The minimum atomic E-state index is -0.912. The van der Waals surface area contributed by atoms with Gasteiger partial charge in [0.2, 0.25) is 0 Å². The topological polar surface area (TPSA) is 74.6 Å². The summed E-state index contributed by atoms with van der Waals surface area (Å²) in [7, 11) is 0. The Morgan fingerprint density at radius 3 is 1.80 bits per heavy atom. The van der Waals surface area contributed by atoms with Crippen LogP contribution in [0.4, 0.5) is 0 Å². The van der Waals surface area contributed by atoms with Crippen molar-refractivity contribution in [1.29, 1.82) is 0 Å². The van der Waals surface area contributed by atoms with Gasteiger partial charge in [0.25, 0.3) is 0 Å². The molecule has 0 saturated carbocycles. The van der Waals surface area contributed by atoms with Crippen molar-refractivity contribution in [2.45, 2.75) is 19.8 Å². The molecule has 0 aliphatic heterocycles. The summed E-state index contributed by atoms with van der Waals surface area (Å²) < 4.78 is 0. The number of rotatable bonds is 4. The van der Waals surface area contributed by atoms with Crippen molar-refractivity contribution in [2.75, 3.05) is 0 Å². The molecular weight excluding hydrogens is 196 g/mol. The van der Waals surface area contributed by atoms with Crippen LogP contribution in [0.5, 0.6) is 0 Å². The zero-order chi connectivity index (χ0) is 11.4. The first kappa shape index (κ1) is 11.2. The maximum Gasteiger partial charge on any atom is 0.307 e. The van der Waals surface area contributed by atoms with Crippen molar-refractivity contribution < 1.29 is 19.8 Å². The van der Waals surface area contributed by atoms with Crippen molar-refractivity contribution in [3.63, 3.8) is 0 Å². The van der Waals surface area contributed by atoms with Crippen LogP contribution in [0.3, 0.4) is 0 Å². The molecule has 0 fully saturated rings. The average molecular weight is 208 g/mol.